The van der Waals surface area contributed by atoms with Gasteiger partial charge in [-0.05, 0) is 31.6 Å². The average Bonchev–Trinajstić information content (AvgIpc) is 2.65. The third-order valence-electron chi connectivity index (χ3n) is 4.71. The molecule has 2 aliphatic rings. The molecule has 2 heterocycles. The molecule has 1 aliphatic heterocycles. The maximum atomic E-state index is 4.97. The quantitative estimate of drug-likeness (QED) is 0.652. The highest BCUT2D eigenvalue weighted by atomic mass is 15.1. The lowest BCUT2D eigenvalue weighted by atomic mass is 9.82. The lowest BCUT2D eigenvalue weighted by molar-refractivity contribution is 0.402. The lowest BCUT2D eigenvalue weighted by Gasteiger charge is -2.27. The summed E-state index contributed by atoms with van der Waals surface area (Å²) in [6.07, 6.45) is 5.25. The van der Waals surface area contributed by atoms with E-state index in [4.69, 9.17) is 4.98 Å². The minimum atomic E-state index is 0.661. The van der Waals surface area contributed by atoms with Crippen LogP contribution in [0.5, 0.6) is 0 Å². The molecule has 16 heavy (non-hydrogen) atoms. The van der Waals surface area contributed by atoms with Gasteiger partial charge in [-0.3, -0.25) is 0 Å². The van der Waals surface area contributed by atoms with Crippen molar-refractivity contribution in [1.29, 1.82) is 0 Å². The van der Waals surface area contributed by atoms with Crippen LogP contribution >= 0.6 is 0 Å². The molecule has 0 bridgehead atoms. The molecule has 0 spiro atoms. The maximum absolute atomic E-state index is 4.97. The summed E-state index contributed by atoms with van der Waals surface area (Å²) >= 11 is 0. The Kier molecular flexibility index (Phi) is 2.34. The van der Waals surface area contributed by atoms with E-state index in [1.807, 2.05) is 0 Å². The van der Waals surface area contributed by atoms with Crippen molar-refractivity contribution in [1.82, 2.24) is 9.55 Å². The molecule has 2 nitrogen and oxygen atoms in total. The summed E-state index contributed by atoms with van der Waals surface area (Å²) in [6.45, 7) is 8.27. The molecule has 0 aromatic carbocycles. The van der Waals surface area contributed by atoms with Crippen molar-refractivity contribution in [3.63, 3.8) is 0 Å². The van der Waals surface area contributed by atoms with Gasteiger partial charge in [0, 0.05) is 24.1 Å². The molecule has 0 saturated carbocycles. The van der Waals surface area contributed by atoms with Gasteiger partial charge in [0.25, 0.3) is 0 Å². The van der Waals surface area contributed by atoms with E-state index in [0.717, 1.165) is 5.92 Å². The highest BCUT2D eigenvalue weighted by molar-refractivity contribution is 5.26. The van der Waals surface area contributed by atoms with Gasteiger partial charge in [-0.15, -0.1) is 0 Å². The third kappa shape index (κ3) is 1.35. The molecule has 88 valence electrons. The second-order valence-corrected chi connectivity index (χ2v) is 5.80. The molecule has 0 fully saturated rings. The number of hydrogen-bond donors (Lipinski definition) is 0. The molecular weight excluding hydrogens is 196 g/mol. The fraction of sp³-hybridized carbons (Fsp3) is 0.786. The van der Waals surface area contributed by atoms with Crippen molar-refractivity contribution in [3.8, 4) is 0 Å². The van der Waals surface area contributed by atoms with Crippen molar-refractivity contribution in [3.05, 3.63) is 17.2 Å². The second kappa shape index (κ2) is 3.61. The Morgan fingerprint density at radius 2 is 2.00 bits per heavy atom. The zero-order valence-electron chi connectivity index (χ0n) is 10.7. The summed E-state index contributed by atoms with van der Waals surface area (Å²) in [5.74, 6) is 3.51. The predicted octanol–water partition coefficient (Wildman–Crippen LogP) is 3.47. The van der Waals surface area contributed by atoms with Gasteiger partial charge in [0.1, 0.15) is 5.82 Å². The minimum absolute atomic E-state index is 0.661. The lowest BCUT2D eigenvalue weighted by Crippen LogP contribution is -2.19. The van der Waals surface area contributed by atoms with Crippen LogP contribution in [0.15, 0.2) is 0 Å². The van der Waals surface area contributed by atoms with E-state index in [9.17, 15) is 0 Å². The molecule has 1 aliphatic carbocycles. The first-order valence-corrected chi connectivity index (χ1v) is 6.77. The summed E-state index contributed by atoms with van der Waals surface area (Å²) in [7, 11) is 0. The van der Waals surface area contributed by atoms with Gasteiger partial charge in [-0.25, -0.2) is 4.98 Å². The third-order valence-corrected chi connectivity index (χ3v) is 4.71. The van der Waals surface area contributed by atoms with Gasteiger partial charge in [0.05, 0.1) is 5.69 Å². The Bertz CT molecular complexity index is 405. The Labute approximate surface area is 98.1 Å². The van der Waals surface area contributed by atoms with Crippen LogP contribution in [0.3, 0.4) is 0 Å². The molecule has 0 radical (unpaired) electrons. The van der Waals surface area contributed by atoms with Gasteiger partial charge in [-0.2, -0.15) is 0 Å². The van der Waals surface area contributed by atoms with Crippen LogP contribution in [0, 0.1) is 5.92 Å². The van der Waals surface area contributed by atoms with E-state index in [1.54, 1.807) is 5.69 Å². The topological polar surface area (TPSA) is 17.8 Å². The van der Waals surface area contributed by atoms with Crippen LogP contribution in [-0.2, 0) is 13.0 Å². The highest BCUT2D eigenvalue weighted by Crippen LogP contribution is 2.38. The number of rotatable bonds is 0. The van der Waals surface area contributed by atoms with Gasteiger partial charge in [-0.1, -0.05) is 20.8 Å². The molecule has 1 aromatic rings. The normalized spacial score (nSPS) is 33.3. The largest absolute Gasteiger partial charge is 0.332 e. The molecule has 0 amide bonds. The first-order chi connectivity index (χ1) is 7.68. The number of nitrogens with zero attached hydrogens (tertiary/aromatic N) is 2. The van der Waals surface area contributed by atoms with Gasteiger partial charge in [0.15, 0.2) is 0 Å². The van der Waals surface area contributed by atoms with Crippen molar-refractivity contribution < 1.29 is 0 Å². The van der Waals surface area contributed by atoms with E-state index >= 15 is 0 Å². The Morgan fingerprint density at radius 3 is 2.81 bits per heavy atom. The smallest absolute Gasteiger partial charge is 0.112 e. The number of fused-ring (bicyclic) bond motifs is 3. The first kappa shape index (κ1) is 10.4. The molecule has 3 unspecified atom stereocenters. The fourth-order valence-electron chi connectivity index (χ4n) is 3.35. The predicted molar refractivity (Wildman–Crippen MR) is 65.8 cm³/mol. The van der Waals surface area contributed by atoms with Crippen LogP contribution in [0.1, 0.15) is 69.1 Å². The van der Waals surface area contributed by atoms with Crippen molar-refractivity contribution in [2.75, 3.05) is 0 Å². The molecule has 3 rings (SSSR count). The maximum Gasteiger partial charge on any atom is 0.112 e. The first-order valence-electron chi connectivity index (χ1n) is 6.77. The molecule has 0 saturated heterocycles. The summed E-state index contributed by atoms with van der Waals surface area (Å²) in [5, 5.41) is 0. The Morgan fingerprint density at radius 1 is 1.19 bits per heavy atom. The Hall–Kier alpha value is -0.790. The highest BCUT2D eigenvalue weighted by Gasteiger charge is 2.31. The number of aromatic nitrogens is 2. The van der Waals surface area contributed by atoms with Crippen LogP contribution in [0.4, 0.5) is 0 Å². The van der Waals surface area contributed by atoms with Crippen LogP contribution < -0.4 is 0 Å². The summed E-state index contributed by atoms with van der Waals surface area (Å²) in [6, 6.07) is 0. The summed E-state index contributed by atoms with van der Waals surface area (Å²) in [4.78, 5) is 4.97. The van der Waals surface area contributed by atoms with Crippen LogP contribution in [-0.4, -0.2) is 9.55 Å². The van der Waals surface area contributed by atoms with Gasteiger partial charge >= 0.3 is 0 Å². The molecule has 3 atom stereocenters. The van der Waals surface area contributed by atoms with Gasteiger partial charge in [0.2, 0.25) is 0 Å². The van der Waals surface area contributed by atoms with Crippen molar-refractivity contribution in [2.24, 2.45) is 5.92 Å². The van der Waals surface area contributed by atoms with E-state index in [0.29, 0.717) is 11.8 Å². The zero-order chi connectivity index (χ0) is 11.3. The fourth-order valence-corrected chi connectivity index (χ4v) is 3.35. The second-order valence-electron chi connectivity index (χ2n) is 5.80. The zero-order valence-corrected chi connectivity index (χ0v) is 10.7. The van der Waals surface area contributed by atoms with Crippen molar-refractivity contribution >= 4 is 0 Å². The Balaban J connectivity index is 2.10. The van der Waals surface area contributed by atoms with Gasteiger partial charge < -0.3 is 4.57 Å². The average molecular weight is 218 g/mol. The number of hydrogen-bond acceptors (Lipinski definition) is 1. The van der Waals surface area contributed by atoms with E-state index in [1.165, 1.54) is 43.7 Å². The van der Waals surface area contributed by atoms with E-state index in [-0.39, 0.29) is 0 Å². The molecule has 0 N–H and O–H groups in total. The van der Waals surface area contributed by atoms with Crippen LogP contribution in [0.2, 0.25) is 0 Å². The standard InChI is InChI=1S/C14H22N2/c1-9-6-7-12-13(11(9)3)15-14-10(2)5-4-8-16(12)14/h9-11H,4-8H2,1-3H3. The minimum Gasteiger partial charge on any atom is -0.332 e. The van der Waals surface area contributed by atoms with E-state index < -0.39 is 0 Å². The molecular formula is C14H22N2. The van der Waals surface area contributed by atoms with Crippen molar-refractivity contribution in [2.45, 2.75) is 64.8 Å². The molecule has 1 aromatic heterocycles. The summed E-state index contributed by atoms with van der Waals surface area (Å²) in [5.41, 5.74) is 2.98. The SMILES string of the molecule is CC1CCCn2c1nc1c2CCC(C)C1C. The van der Waals surface area contributed by atoms with Crippen LogP contribution in [0.25, 0.3) is 0 Å². The summed E-state index contributed by atoms with van der Waals surface area (Å²) < 4.78 is 2.53. The monoisotopic (exact) mass is 218 g/mol. The molecule has 2 heteroatoms. The number of imidazole rings is 1. The van der Waals surface area contributed by atoms with E-state index in [2.05, 4.69) is 25.3 Å².